The van der Waals surface area contributed by atoms with Crippen molar-refractivity contribution in [1.29, 1.82) is 0 Å². The highest BCUT2D eigenvalue weighted by atomic mass is 16.5. The summed E-state index contributed by atoms with van der Waals surface area (Å²) in [6, 6.07) is 6.64. The molecule has 1 heterocycles. The van der Waals surface area contributed by atoms with Crippen molar-refractivity contribution < 1.29 is 9.47 Å². The van der Waals surface area contributed by atoms with Crippen molar-refractivity contribution in [3.05, 3.63) is 18.2 Å². The van der Waals surface area contributed by atoms with E-state index in [-0.39, 0.29) is 0 Å². The third kappa shape index (κ3) is 2.63. The van der Waals surface area contributed by atoms with Gasteiger partial charge in [-0.3, -0.25) is 0 Å². The van der Waals surface area contributed by atoms with Crippen LogP contribution in [0.15, 0.2) is 18.2 Å². The van der Waals surface area contributed by atoms with Gasteiger partial charge in [0, 0.05) is 31.7 Å². The average molecular weight is 262 g/mol. The summed E-state index contributed by atoms with van der Waals surface area (Å²) in [4.78, 5) is 2.42. The Morgan fingerprint density at radius 2 is 2.05 bits per heavy atom. The second-order valence-corrected chi connectivity index (χ2v) is 5.38. The number of hydrogen-bond acceptors (Lipinski definition) is 4. The summed E-state index contributed by atoms with van der Waals surface area (Å²) in [5.74, 6) is 2.69. The fraction of sp³-hybridized carbons (Fsp3) is 0.600. The predicted molar refractivity (Wildman–Crippen MR) is 76.3 cm³/mol. The highest BCUT2D eigenvalue weighted by molar-refractivity contribution is 5.62. The monoisotopic (exact) mass is 262 g/mol. The van der Waals surface area contributed by atoms with E-state index in [1.807, 2.05) is 12.1 Å². The molecule has 2 aliphatic rings. The fourth-order valence-electron chi connectivity index (χ4n) is 2.86. The topological polar surface area (TPSA) is 33.7 Å². The number of nitrogens with zero attached hydrogens (tertiary/aromatic N) is 1. The lowest BCUT2D eigenvalue weighted by Gasteiger charge is -2.36. The van der Waals surface area contributed by atoms with Gasteiger partial charge in [-0.2, -0.15) is 0 Å². The number of ether oxygens (including phenoxy) is 2. The minimum absolute atomic E-state index is 0.629. The number of nitrogens with one attached hydrogen (secondary N) is 1. The molecule has 0 bridgehead atoms. The largest absolute Gasteiger partial charge is 0.497 e. The number of methoxy groups -OCH3 is 2. The van der Waals surface area contributed by atoms with E-state index in [4.69, 9.17) is 9.47 Å². The van der Waals surface area contributed by atoms with E-state index in [9.17, 15) is 0 Å². The van der Waals surface area contributed by atoms with Gasteiger partial charge < -0.3 is 19.7 Å². The zero-order valence-corrected chi connectivity index (χ0v) is 11.7. The lowest BCUT2D eigenvalue weighted by atomic mass is 10.1. The number of piperazine rings is 1. The highest BCUT2D eigenvalue weighted by Gasteiger charge is 2.34. The number of rotatable bonds is 4. The van der Waals surface area contributed by atoms with Gasteiger partial charge >= 0.3 is 0 Å². The predicted octanol–water partition coefficient (Wildman–Crippen LogP) is 1.89. The van der Waals surface area contributed by atoms with Crippen molar-refractivity contribution in [3.8, 4) is 11.5 Å². The summed E-state index contributed by atoms with van der Waals surface area (Å²) in [5.41, 5.74) is 1.15. The van der Waals surface area contributed by atoms with Gasteiger partial charge in [-0.25, -0.2) is 0 Å². The summed E-state index contributed by atoms with van der Waals surface area (Å²) < 4.78 is 10.8. The van der Waals surface area contributed by atoms with Crippen LogP contribution in [0.25, 0.3) is 0 Å². The molecule has 104 valence electrons. The maximum atomic E-state index is 5.49. The molecule has 0 spiro atoms. The Morgan fingerprint density at radius 1 is 1.21 bits per heavy atom. The Bertz CT molecular complexity index is 446. The van der Waals surface area contributed by atoms with Crippen LogP contribution in [0.4, 0.5) is 5.69 Å². The van der Waals surface area contributed by atoms with Gasteiger partial charge in [-0.05, 0) is 30.9 Å². The van der Waals surface area contributed by atoms with E-state index in [0.717, 1.165) is 42.7 Å². The molecule has 4 nitrogen and oxygen atoms in total. The number of hydrogen-bond donors (Lipinski definition) is 1. The third-order valence-electron chi connectivity index (χ3n) is 4.12. The summed E-state index contributed by atoms with van der Waals surface area (Å²) >= 11 is 0. The van der Waals surface area contributed by atoms with Gasteiger partial charge in [0.05, 0.1) is 19.9 Å². The smallest absolute Gasteiger partial charge is 0.142 e. The Labute approximate surface area is 114 Å². The van der Waals surface area contributed by atoms with E-state index in [2.05, 4.69) is 16.3 Å². The van der Waals surface area contributed by atoms with E-state index in [0.29, 0.717) is 6.04 Å². The highest BCUT2D eigenvalue weighted by Crippen LogP contribution is 2.37. The first-order valence-corrected chi connectivity index (χ1v) is 7.02. The molecule has 2 fully saturated rings. The van der Waals surface area contributed by atoms with E-state index < -0.39 is 0 Å². The maximum absolute atomic E-state index is 5.49. The number of benzene rings is 1. The van der Waals surface area contributed by atoms with Gasteiger partial charge in [0.25, 0.3) is 0 Å². The summed E-state index contributed by atoms with van der Waals surface area (Å²) in [7, 11) is 3.43. The minimum Gasteiger partial charge on any atom is -0.497 e. The van der Waals surface area contributed by atoms with Crippen molar-refractivity contribution in [1.82, 2.24) is 5.32 Å². The van der Waals surface area contributed by atoms with Crippen LogP contribution in [0.2, 0.25) is 0 Å². The quantitative estimate of drug-likeness (QED) is 0.898. The average Bonchev–Trinajstić information content (AvgIpc) is 3.31. The van der Waals surface area contributed by atoms with Crippen LogP contribution in [-0.4, -0.2) is 39.9 Å². The molecular weight excluding hydrogens is 240 g/mol. The molecule has 1 aliphatic carbocycles. The summed E-state index contributed by atoms with van der Waals surface area (Å²) in [5, 5.41) is 3.63. The molecule has 4 heteroatoms. The van der Waals surface area contributed by atoms with Crippen LogP contribution in [-0.2, 0) is 0 Å². The molecule has 1 N–H and O–H groups in total. The maximum Gasteiger partial charge on any atom is 0.142 e. The molecule has 1 saturated heterocycles. The van der Waals surface area contributed by atoms with E-state index in [1.165, 1.54) is 12.8 Å². The lowest BCUT2D eigenvalue weighted by molar-refractivity contribution is 0.392. The zero-order valence-electron chi connectivity index (χ0n) is 11.7. The molecule has 0 amide bonds. The Hall–Kier alpha value is -1.42. The Morgan fingerprint density at radius 3 is 2.74 bits per heavy atom. The second-order valence-electron chi connectivity index (χ2n) is 5.38. The molecule has 1 atom stereocenters. The molecule has 1 saturated carbocycles. The molecule has 1 aromatic rings. The van der Waals surface area contributed by atoms with Gasteiger partial charge in [-0.1, -0.05) is 0 Å². The van der Waals surface area contributed by atoms with E-state index >= 15 is 0 Å². The first-order valence-electron chi connectivity index (χ1n) is 7.02. The zero-order chi connectivity index (χ0) is 13.2. The van der Waals surface area contributed by atoms with Crippen LogP contribution in [0.1, 0.15) is 12.8 Å². The van der Waals surface area contributed by atoms with Crippen LogP contribution in [0.3, 0.4) is 0 Å². The molecule has 19 heavy (non-hydrogen) atoms. The van der Waals surface area contributed by atoms with Gasteiger partial charge in [-0.15, -0.1) is 0 Å². The summed E-state index contributed by atoms with van der Waals surface area (Å²) in [6.45, 7) is 3.13. The van der Waals surface area contributed by atoms with Crippen LogP contribution in [0, 0.1) is 5.92 Å². The molecule has 0 aromatic heterocycles. The van der Waals surface area contributed by atoms with Crippen molar-refractivity contribution >= 4 is 5.69 Å². The van der Waals surface area contributed by atoms with Crippen molar-refractivity contribution in [2.75, 3.05) is 38.8 Å². The third-order valence-corrected chi connectivity index (χ3v) is 4.12. The van der Waals surface area contributed by atoms with E-state index in [1.54, 1.807) is 14.2 Å². The Kier molecular flexibility index (Phi) is 3.51. The van der Waals surface area contributed by atoms with Crippen LogP contribution >= 0.6 is 0 Å². The molecule has 1 aromatic carbocycles. The normalized spacial score (nSPS) is 23.3. The van der Waals surface area contributed by atoms with Gasteiger partial charge in [0.15, 0.2) is 0 Å². The Balaban J connectivity index is 1.82. The first kappa shape index (κ1) is 12.6. The van der Waals surface area contributed by atoms with Crippen LogP contribution < -0.4 is 19.7 Å². The summed E-state index contributed by atoms with van der Waals surface area (Å²) in [6.07, 6.45) is 2.75. The molecule has 3 rings (SSSR count). The van der Waals surface area contributed by atoms with Crippen molar-refractivity contribution in [2.24, 2.45) is 5.92 Å². The lowest BCUT2D eigenvalue weighted by Crippen LogP contribution is -2.51. The standard InChI is InChI=1S/C15H22N2O2/c1-18-12-5-6-15(19-2)14(9-12)17-8-7-16-13(10-17)11-3-4-11/h5-6,9,11,13,16H,3-4,7-8,10H2,1-2H3. The first-order chi connectivity index (χ1) is 9.31. The molecule has 0 radical (unpaired) electrons. The second kappa shape index (κ2) is 5.29. The molecule has 1 unspecified atom stereocenters. The van der Waals surface area contributed by atoms with Crippen molar-refractivity contribution in [2.45, 2.75) is 18.9 Å². The van der Waals surface area contributed by atoms with Crippen LogP contribution in [0.5, 0.6) is 11.5 Å². The SMILES string of the molecule is COc1ccc(OC)c(N2CCNC(C3CC3)C2)c1. The van der Waals surface area contributed by atoms with Gasteiger partial charge in [0.2, 0.25) is 0 Å². The van der Waals surface area contributed by atoms with Crippen molar-refractivity contribution in [3.63, 3.8) is 0 Å². The molecule has 1 aliphatic heterocycles. The van der Waals surface area contributed by atoms with Gasteiger partial charge in [0.1, 0.15) is 11.5 Å². The minimum atomic E-state index is 0.629. The fourth-order valence-corrected chi connectivity index (χ4v) is 2.86. The molecular formula is C15H22N2O2. The number of anilines is 1.